The number of piperidine rings is 1. The van der Waals surface area contributed by atoms with Crippen molar-refractivity contribution in [2.24, 2.45) is 5.11 Å². The Kier molecular flexibility index (Phi) is 7.37. The fourth-order valence-corrected chi connectivity index (χ4v) is 4.05. The summed E-state index contributed by atoms with van der Waals surface area (Å²) in [5.41, 5.74) is 8.66. The molecule has 0 radical (unpaired) electrons. The van der Waals surface area contributed by atoms with Gasteiger partial charge in [-0.25, -0.2) is 32.6 Å². The molecule has 0 bridgehead atoms. The molecule has 198 valence electrons. The van der Waals surface area contributed by atoms with Crippen LogP contribution in [-0.4, -0.2) is 87.2 Å². The third-order valence-corrected chi connectivity index (χ3v) is 5.83. The van der Waals surface area contributed by atoms with E-state index in [1.807, 2.05) is 0 Å². The number of hydrogen-bond donors (Lipinski definition) is 5. The first-order valence-corrected chi connectivity index (χ1v) is 11.2. The molecule has 4 rings (SSSR count). The number of aliphatic hydroxyl groups is 1. The lowest BCUT2D eigenvalue weighted by Crippen LogP contribution is -2.56. The second-order valence-corrected chi connectivity index (χ2v) is 8.22. The van der Waals surface area contributed by atoms with Crippen molar-refractivity contribution in [3.05, 3.63) is 24.4 Å². The van der Waals surface area contributed by atoms with Gasteiger partial charge in [-0.1, -0.05) is 0 Å². The summed E-state index contributed by atoms with van der Waals surface area (Å²) >= 11 is 0. The van der Waals surface area contributed by atoms with Crippen LogP contribution in [0, 0.1) is 5.53 Å². The van der Waals surface area contributed by atoms with Crippen LogP contribution in [0.15, 0.2) is 29.5 Å². The molecule has 16 heteroatoms. The summed E-state index contributed by atoms with van der Waals surface area (Å²) in [7, 11) is 1.58. The van der Waals surface area contributed by atoms with Gasteiger partial charge in [0.25, 0.3) is 12.3 Å². The van der Waals surface area contributed by atoms with Crippen LogP contribution < -0.4 is 16.0 Å². The number of pyridine rings is 1. The number of hydrogen-bond acceptors (Lipinski definition) is 10. The Labute approximate surface area is 207 Å². The van der Waals surface area contributed by atoms with Crippen LogP contribution in [-0.2, 0) is 4.79 Å². The second-order valence-electron chi connectivity index (χ2n) is 8.22. The number of carbonyl (C=O) groups excluding carboxylic acids is 1. The molecular weight excluding hydrogens is 500 g/mol. The van der Waals surface area contributed by atoms with Gasteiger partial charge in [0, 0.05) is 25.4 Å². The summed E-state index contributed by atoms with van der Waals surface area (Å²) in [6.07, 6.45) is -1.16. The van der Waals surface area contributed by atoms with E-state index in [9.17, 15) is 22.4 Å². The van der Waals surface area contributed by atoms with E-state index < -0.39 is 44.0 Å². The molecule has 5 N–H and O–H groups in total. The molecule has 0 saturated carbocycles. The maximum Gasteiger partial charge on any atom is 0.285 e. The van der Waals surface area contributed by atoms with Crippen molar-refractivity contribution in [2.75, 3.05) is 49.2 Å². The molecule has 4 heterocycles. The Morgan fingerprint density at radius 3 is 2.73 bits per heavy atom. The number of nitrogens with one attached hydrogen (secondary N) is 4. The number of likely N-dealkylation sites (tertiary alicyclic amines) is 1. The molecule has 0 spiro atoms. The van der Waals surface area contributed by atoms with Crippen molar-refractivity contribution >= 4 is 34.7 Å². The molecule has 0 aliphatic carbocycles. The number of anilines is 3. The van der Waals surface area contributed by atoms with E-state index >= 15 is 0 Å². The third kappa shape index (κ3) is 5.37. The molecule has 1 aliphatic heterocycles. The normalized spacial score (nSPS) is 17.2. The minimum absolute atomic E-state index is 0.00520. The lowest BCUT2D eigenvalue weighted by atomic mass is 10.0. The molecule has 37 heavy (non-hydrogen) atoms. The number of nitrogens with zero attached hydrogens (tertiary/aromatic N) is 6. The van der Waals surface area contributed by atoms with E-state index in [1.54, 1.807) is 25.4 Å². The molecule has 1 fully saturated rings. The lowest BCUT2D eigenvalue weighted by molar-refractivity contribution is -0.145. The second kappa shape index (κ2) is 10.5. The van der Waals surface area contributed by atoms with Crippen LogP contribution in [0.3, 0.4) is 0 Å². The van der Waals surface area contributed by atoms with Crippen molar-refractivity contribution in [1.29, 1.82) is 5.53 Å². The number of halogens is 4. The van der Waals surface area contributed by atoms with Gasteiger partial charge in [-0.2, -0.15) is 10.1 Å². The number of aliphatic hydroxyl groups excluding tert-OH is 1. The summed E-state index contributed by atoms with van der Waals surface area (Å²) in [6, 6.07) is 3.32. The molecule has 0 unspecified atom stereocenters. The van der Waals surface area contributed by atoms with Gasteiger partial charge < -0.3 is 26.0 Å². The lowest BCUT2D eigenvalue weighted by Gasteiger charge is -2.38. The largest absolute Gasteiger partial charge is 0.387 e. The zero-order valence-corrected chi connectivity index (χ0v) is 19.6. The van der Waals surface area contributed by atoms with Gasteiger partial charge in [0.2, 0.25) is 11.9 Å². The Hall–Kier alpha value is -4.08. The Bertz CT molecular complexity index is 1300. The predicted molar refractivity (Wildman–Crippen MR) is 126 cm³/mol. The molecule has 1 aliphatic rings. The maximum atomic E-state index is 14.7. The van der Waals surface area contributed by atoms with Crippen LogP contribution >= 0.6 is 0 Å². The highest BCUT2D eigenvalue weighted by Crippen LogP contribution is 2.34. The van der Waals surface area contributed by atoms with Crippen molar-refractivity contribution in [2.45, 2.75) is 24.8 Å². The van der Waals surface area contributed by atoms with Crippen LogP contribution in [0.1, 0.15) is 6.42 Å². The summed E-state index contributed by atoms with van der Waals surface area (Å²) < 4.78 is 56.3. The first kappa shape index (κ1) is 26.0. The molecular formula is C21H24F4N10O2. The molecule has 1 atom stereocenters. The first-order valence-electron chi connectivity index (χ1n) is 11.2. The monoisotopic (exact) mass is 524 g/mol. The zero-order chi connectivity index (χ0) is 26.7. The third-order valence-electron chi connectivity index (χ3n) is 5.83. The molecule has 12 nitrogen and oxygen atoms in total. The Morgan fingerprint density at radius 2 is 2.08 bits per heavy atom. The maximum absolute atomic E-state index is 14.7. The zero-order valence-electron chi connectivity index (χ0n) is 19.6. The van der Waals surface area contributed by atoms with Crippen LogP contribution in [0.2, 0.25) is 0 Å². The fraction of sp³-hybridized carbons (Fsp3) is 0.429. The van der Waals surface area contributed by atoms with Crippen molar-refractivity contribution in [1.82, 2.24) is 24.5 Å². The minimum Gasteiger partial charge on any atom is -0.387 e. The van der Waals surface area contributed by atoms with E-state index in [-0.39, 0.29) is 36.2 Å². The van der Waals surface area contributed by atoms with Crippen LogP contribution in [0.4, 0.5) is 40.8 Å². The summed E-state index contributed by atoms with van der Waals surface area (Å²) in [4.78, 5) is 21.2. The number of fused-ring (bicyclic) bond motifs is 1. The number of carbonyl (C=O) groups is 1. The topological polar surface area (TPSA) is 156 Å². The number of rotatable bonds is 9. The first-order chi connectivity index (χ1) is 17.7. The number of amides is 1. The molecule has 1 saturated heterocycles. The number of aromatic nitrogens is 4. The van der Waals surface area contributed by atoms with Gasteiger partial charge in [-0.15, -0.1) is 5.10 Å². The van der Waals surface area contributed by atoms with E-state index in [0.29, 0.717) is 16.8 Å². The standard InChI is InChI=1S/C21H24F4N10O2/c1-27-19-17-11(12-2-3-13(32-26)18(29-12)28-8-15(22)23)4-7-35(17)33-20(31-19)30-14-5-6-34(16(37)9-36)10-21(14,24)25/h2-4,7,14-15,26,36H,5-6,8-10H2,1H3,(H,28,29)(H2,27,30,31,33)/t14-/m1/s1. The van der Waals surface area contributed by atoms with Crippen molar-refractivity contribution in [3.8, 4) is 11.3 Å². The smallest absolute Gasteiger partial charge is 0.285 e. The average molecular weight is 524 g/mol. The van der Waals surface area contributed by atoms with Crippen molar-refractivity contribution in [3.63, 3.8) is 0 Å². The number of alkyl halides is 4. The quantitative estimate of drug-likeness (QED) is 0.211. The van der Waals surface area contributed by atoms with Crippen LogP contribution in [0.25, 0.3) is 16.8 Å². The van der Waals surface area contributed by atoms with Crippen molar-refractivity contribution < 1.29 is 27.5 Å². The highest BCUT2D eigenvalue weighted by Gasteiger charge is 2.46. The van der Waals surface area contributed by atoms with Gasteiger partial charge in [-0.3, -0.25) is 4.79 Å². The van der Waals surface area contributed by atoms with Crippen LogP contribution in [0.5, 0.6) is 0 Å². The highest BCUT2D eigenvalue weighted by atomic mass is 19.3. The van der Waals surface area contributed by atoms with E-state index in [4.69, 9.17) is 10.6 Å². The summed E-state index contributed by atoms with van der Waals surface area (Å²) in [5.74, 6) is -3.85. The van der Waals surface area contributed by atoms with E-state index in [2.05, 4.69) is 36.1 Å². The molecule has 3 aromatic rings. The van der Waals surface area contributed by atoms with Gasteiger partial charge in [0.1, 0.15) is 17.8 Å². The van der Waals surface area contributed by atoms with Gasteiger partial charge in [-0.05, 0) is 24.6 Å². The Morgan fingerprint density at radius 1 is 1.30 bits per heavy atom. The van der Waals surface area contributed by atoms with Gasteiger partial charge in [0.05, 0.1) is 24.8 Å². The van der Waals surface area contributed by atoms with Gasteiger partial charge >= 0.3 is 0 Å². The van der Waals surface area contributed by atoms with E-state index in [0.717, 1.165) is 4.90 Å². The molecule has 3 aromatic heterocycles. The highest BCUT2D eigenvalue weighted by molar-refractivity contribution is 5.88. The molecule has 1 amide bonds. The van der Waals surface area contributed by atoms with Gasteiger partial charge in [0.15, 0.2) is 11.6 Å². The Balaban J connectivity index is 1.64. The predicted octanol–water partition coefficient (Wildman–Crippen LogP) is 2.81. The summed E-state index contributed by atoms with van der Waals surface area (Å²) in [6.45, 7) is -2.31. The average Bonchev–Trinajstić information content (AvgIpc) is 3.31. The van der Waals surface area contributed by atoms with E-state index in [1.165, 1.54) is 10.6 Å². The SMILES string of the molecule is CNc1nc(N[C@@H]2CCN(C(=O)CO)CC2(F)F)nn2ccc(-c3ccc(N=N)c(NCC(F)F)n3)c12. The minimum atomic E-state index is -3.29. The fourth-order valence-electron chi connectivity index (χ4n) is 4.05. The summed E-state index contributed by atoms with van der Waals surface area (Å²) in [5, 5.41) is 24.6. The molecule has 0 aromatic carbocycles.